The van der Waals surface area contributed by atoms with E-state index in [-0.39, 0.29) is 11.7 Å². The highest BCUT2D eigenvalue weighted by Crippen LogP contribution is 2.23. The molecule has 10 nitrogen and oxygen atoms in total. The zero-order valence-corrected chi connectivity index (χ0v) is 23.4. The fraction of sp³-hybridized carbons (Fsp3) is 0.467. The van der Waals surface area contributed by atoms with Crippen molar-refractivity contribution in [3.63, 3.8) is 0 Å². The number of benzene rings is 2. The van der Waals surface area contributed by atoms with Crippen molar-refractivity contribution in [2.75, 3.05) is 62.0 Å². The summed E-state index contributed by atoms with van der Waals surface area (Å²) in [6.07, 6.45) is 6.29. The molecule has 0 spiro atoms. The van der Waals surface area contributed by atoms with Crippen LogP contribution in [0.2, 0.25) is 0 Å². The fourth-order valence-electron chi connectivity index (χ4n) is 4.55. The second-order valence-corrected chi connectivity index (χ2v) is 9.95. The van der Waals surface area contributed by atoms with Crippen molar-refractivity contribution >= 4 is 23.8 Å². The van der Waals surface area contributed by atoms with E-state index in [2.05, 4.69) is 36.2 Å². The van der Waals surface area contributed by atoms with Gasteiger partial charge in [-0.05, 0) is 48.6 Å². The zero-order valence-electron chi connectivity index (χ0n) is 23.4. The number of aromatic nitrogens is 3. The summed E-state index contributed by atoms with van der Waals surface area (Å²) in [5, 5.41) is 12.6. The summed E-state index contributed by atoms with van der Waals surface area (Å²) in [5.74, 6) is 1.57. The molecule has 4 rings (SSSR count). The molecule has 0 atom stereocenters. The molecule has 1 fully saturated rings. The summed E-state index contributed by atoms with van der Waals surface area (Å²) < 4.78 is 24.7. The van der Waals surface area contributed by atoms with Crippen molar-refractivity contribution in [3.05, 3.63) is 71.5 Å². The van der Waals surface area contributed by atoms with Gasteiger partial charge in [0, 0.05) is 31.7 Å². The first-order valence-corrected chi connectivity index (χ1v) is 14.4. The Morgan fingerprint density at radius 2 is 1.46 bits per heavy atom. The zero-order chi connectivity index (χ0) is 28.5. The van der Waals surface area contributed by atoms with Crippen LogP contribution in [0.25, 0.3) is 0 Å². The van der Waals surface area contributed by atoms with Crippen LogP contribution in [0.5, 0.6) is 0 Å². The first-order chi connectivity index (χ1) is 20.2. The van der Waals surface area contributed by atoms with E-state index >= 15 is 0 Å². The maximum absolute atomic E-state index is 13.6. The lowest BCUT2D eigenvalue weighted by atomic mass is 9.89. The van der Waals surface area contributed by atoms with E-state index in [4.69, 9.17) is 9.47 Å². The average Bonchev–Trinajstić information content (AvgIpc) is 3.01. The number of amides is 1. The van der Waals surface area contributed by atoms with Crippen LogP contribution in [-0.4, -0.2) is 66.9 Å². The fourth-order valence-corrected chi connectivity index (χ4v) is 4.55. The number of hydrogen-bond donors (Lipinski definition) is 4. The molecule has 41 heavy (non-hydrogen) atoms. The van der Waals surface area contributed by atoms with Crippen LogP contribution < -0.4 is 21.3 Å². The molecule has 0 aliphatic heterocycles. The number of carbonyl (C=O) groups excluding carboxylic acids is 1. The Balaban J connectivity index is 1.16. The Bertz CT molecular complexity index is 1200. The highest BCUT2D eigenvalue weighted by atomic mass is 19.1. The van der Waals surface area contributed by atoms with Gasteiger partial charge in [0.2, 0.25) is 17.8 Å². The molecule has 0 unspecified atom stereocenters. The molecule has 1 heterocycles. The monoisotopic (exact) mass is 565 g/mol. The van der Waals surface area contributed by atoms with Crippen LogP contribution >= 0.6 is 0 Å². The quantitative estimate of drug-likeness (QED) is 0.175. The maximum atomic E-state index is 13.6. The number of ether oxygens (including phenoxy) is 2. The molecule has 1 aliphatic rings. The predicted octanol–water partition coefficient (Wildman–Crippen LogP) is 4.49. The van der Waals surface area contributed by atoms with Gasteiger partial charge in [0.25, 0.3) is 5.91 Å². The average molecular weight is 566 g/mol. The number of halogens is 1. The molecule has 0 radical (unpaired) electrons. The van der Waals surface area contributed by atoms with Gasteiger partial charge in [0.15, 0.2) is 0 Å². The lowest BCUT2D eigenvalue weighted by molar-refractivity contribution is 0.0519. The van der Waals surface area contributed by atoms with Gasteiger partial charge in [0.1, 0.15) is 5.82 Å². The Labute approximate surface area is 240 Å². The minimum absolute atomic E-state index is 0.116. The first kappa shape index (κ1) is 30.1. The van der Waals surface area contributed by atoms with Crippen LogP contribution in [0.3, 0.4) is 0 Å². The van der Waals surface area contributed by atoms with Crippen molar-refractivity contribution in [2.45, 2.75) is 38.6 Å². The van der Waals surface area contributed by atoms with E-state index in [0.29, 0.717) is 75.4 Å². The molecular formula is C30H40FN7O3. The molecule has 1 aliphatic carbocycles. The smallest absolute Gasteiger partial charge is 0.251 e. The SMILES string of the molecule is O=C(NCCOCCOCCNc1nc(NCc2cccc(F)c2)nc(NCC2CCCCC2)n1)c1ccccc1. The third kappa shape index (κ3) is 11.3. The molecule has 3 aromatic rings. The Morgan fingerprint density at radius 3 is 2.20 bits per heavy atom. The largest absolute Gasteiger partial charge is 0.377 e. The molecule has 0 bridgehead atoms. The minimum atomic E-state index is -0.280. The topological polar surface area (TPSA) is 122 Å². The number of carbonyl (C=O) groups is 1. The summed E-state index contributed by atoms with van der Waals surface area (Å²) in [6, 6.07) is 15.5. The number of rotatable bonds is 17. The second-order valence-electron chi connectivity index (χ2n) is 9.95. The Kier molecular flexibility index (Phi) is 12.6. The summed E-state index contributed by atoms with van der Waals surface area (Å²) in [6.45, 7) is 3.86. The molecule has 1 aromatic heterocycles. The van der Waals surface area contributed by atoms with Gasteiger partial charge in [-0.3, -0.25) is 4.79 Å². The van der Waals surface area contributed by atoms with Gasteiger partial charge in [-0.25, -0.2) is 4.39 Å². The molecule has 220 valence electrons. The van der Waals surface area contributed by atoms with Crippen LogP contribution in [0, 0.1) is 11.7 Å². The number of anilines is 3. The summed E-state index contributed by atoms with van der Waals surface area (Å²) in [4.78, 5) is 25.5. The third-order valence-corrected chi connectivity index (χ3v) is 6.72. The molecule has 1 saturated carbocycles. The van der Waals surface area contributed by atoms with E-state index in [1.807, 2.05) is 24.3 Å². The first-order valence-electron chi connectivity index (χ1n) is 14.4. The summed E-state index contributed by atoms with van der Waals surface area (Å²) in [5.41, 5.74) is 1.42. The molecule has 11 heteroatoms. The van der Waals surface area contributed by atoms with Gasteiger partial charge in [-0.2, -0.15) is 15.0 Å². The summed E-state index contributed by atoms with van der Waals surface area (Å²) >= 11 is 0. The van der Waals surface area contributed by atoms with Gasteiger partial charge >= 0.3 is 0 Å². The molecule has 0 saturated heterocycles. The van der Waals surface area contributed by atoms with E-state index in [1.165, 1.54) is 44.2 Å². The molecule has 1 amide bonds. The highest BCUT2D eigenvalue weighted by Gasteiger charge is 2.14. The maximum Gasteiger partial charge on any atom is 0.251 e. The van der Waals surface area contributed by atoms with E-state index < -0.39 is 0 Å². The van der Waals surface area contributed by atoms with Crippen molar-refractivity contribution in [1.82, 2.24) is 20.3 Å². The van der Waals surface area contributed by atoms with E-state index in [0.717, 1.165) is 12.1 Å². The van der Waals surface area contributed by atoms with Crippen LogP contribution in [0.4, 0.5) is 22.2 Å². The van der Waals surface area contributed by atoms with Gasteiger partial charge < -0.3 is 30.7 Å². The minimum Gasteiger partial charge on any atom is -0.377 e. The normalized spacial score (nSPS) is 13.5. The molecule has 2 aromatic carbocycles. The third-order valence-electron chi connectivity index (χ3n) is 6.72. The van der Waals surface area contributed by atoms with E-state index in [1.54, 1.807) is 18.2 Å². The molecule has 4 N–H and O–H groups in total. The standard InChI is InChI=1S/C30H40FN7O3/c31-26-13-7-10-24(20-26)22-35-30-37-28(36-29(38-30)34-21-23-8-3-1-4-9-23)33-15-17-41-19-18-40-16-14-32-27(39)25-11-5-2-6-12-25/h2,5-7,10-13,20,23H,1,3-4,8-9,14-19,21-22H2,(H,32,39)(H3,33,34,35,36,37,38). The number of nitrogens with zero attached hydrogens (tertiary/aromatic N) is 3. The lowest BCUT2D eigenvalue weighted by Crippen LogP contribution is -2.27. The van der Waals surface area contributed by atoms with Crippen LogP contribution in [0.15, 0.2) is 54.6 Å². The van der Waals surface area contributed by atoms with Crippen LogP contribution in [0.1, 0.15) is 48.0 Å². The predicted molar refractivity (Wildman–Crippen MR) is 158 cm³/mol. The van der Waals surface area contributed by atoms with E-state index in [9.17, 15) is 9.18 Å². The van der Waals surface area contributed by atoms with Crippen molar-refractivity contribution in [3.8, 4) is 0 Å². The Morgan fingerprint density at radius 1 is 0.780 bits per heavy atom. The van der Waals surface area contributed by atoms with Gasteiger partial charge in [-0.1, -0.05) is 49.6 Å². The summed E-state index contributed by atoms with van der Waals surface area (Å²) in [7, 11) is 0. The second kappa shape index (κ2) is 17.1. The van der Waals surface area contributed by atoms with Gasteiger partial charge in [-0.15, -0.1) is 0 Å². The number of hydrogen-bond acceptors (Lipinski definition) is 9. The molecular weight excluding hydrogens is 525 g/mol. The Hall–Kier alpha value is -3.83. The van der Waals surface area contributed by atoms with Gasteiger partial charge in [0.05, 0.1) is 26.4 Å². The van der Waals surface area contributed by atoms with Crippen molar-refractivity contribution < 1.29 is 18.7 Å². The number of nitrogens with one attached hydrogen (secondary N) is 4. The van der Waals surface area contributed by atoms with Crippen molar-refractivity contribution in [1.29, 1.82) is 0 Å². The van der Waals surface area contributed by atoms with Crippen molar-refractivity contribution in [2.24, 2.45) is 5.92 Å². The van der Waals surface area contributed by atoms with Crippen LogP contribution in [-0.2, 0) is 16.0 Å². The lowest BCUT2D eigenvalue weighted by Gasteiger charge is -2.21. The highest BCUT2D eigenvalue weighted by molar-refractivity contribution is 5.94.